The summed E-state index contributed by atoms with van der Waals surface area (Å²) >= 11 is 7.11. The number of hydrogen-bond acceptors (Lipinski definition) is 1. The summed E-state index contributed by atoms with van der Waals surface area (Å²) in [4.78, 5) is 0. The van der Waals surface area contributed by atoms with Gasteiger partial charge in [-0.2, -0.15) is 0 Å². The number of rotatable bonds is 4. The molecular weight excluding hydrogens is 330 g/mol. The SMILES string of the molecule is CCNC(C=C(C)C)c1cc(Br)ccc1Br. The van der Waals surface area contributed by atoms with E-state index in [2.05, 4.69) is 76.2 Å². The second kappa shape index (κ2) is 6.58. The van der Waals surface area contributed by atoms with Crippen molar-refractivity contribution in [3.05, 3.63) is 44.4 Å². The first-order valence-electron chi connectivity index (χ1n) is 5.38. The van der Waals surface area contributed by atoms with Crippen molar-refractivity contribution in [1.82, 2.24) is 5.32 Å². The number of hydrogen-bond donors (Lipinski definition) is 1. The van der Waals surface area contributed by atoms with E-state index in [1.165, 1.54) is 11.1 Å². The van der Waals surface area contributed by atoms with Crippen LogP contribution in [-0.2, 0) is 0 Å². The first-order chi connectivity index (χ1) is 7.54. The van der Waals surface area contributed by atoms with Gasteiger partial charge in [-0.05, 0) is 44.2 Å². The number of likely N-dealkylation sites (N-methyl/N-ethyl adjacent to an activating group) is 1. The van der Waals surface area contributed by atoms with Gasteiger partial charge in [0.05, 0.1) is 6.04 Å². The summed E-state index contributed by atoms with van der Waals surface area (Å²) in [6.45, 7) is 7.32. The Hall–Kier alpha value is -0.120. The Balaban J connectivity index is 3.09. The molecule has 0 heterocycles. The monoisotopic (exact) mass is 345 g/mol. The van der Waals surface area contributed by atoms with Gasteiger partial charge in [-0.3, -0.25) is 0 Å². The molecule has 88 valence electrons. The van der Waals surface area contributed by atoms with Crippen molar-refractivity contribution in [3.8, 4) is 0 Å². The molecule has 1 aromatic rings. The second-order valence-corrected chi connectivity index (χ2v) is 5.72. The fourth-order valence-electron chi connectivity index (χ4n) is 1.56. The molecule has 0 fully saturated rings. The predicted molar refractivity (Wildman–Crippen MR) is 77.7 cm³/mol. The molecule has 0 aliphatic carbocycles. The lowest BCUT2D eigenvalue weighted by Gasteiger charge is -2.17. The largest absolute Gasteiger partial charge is 0.307 e. The lowest BCUT2D eigenvalue weighted by molar-refractivity contribution is 0.642. The topological polar surface area (TPSA) is 12.0 Å². The molecule has 0 amide bonds. The summed E-state index contributed by atoms with van der Waals surface area (Å²) in [5.74, 6) is 0. The minimum absolute atomic E-state index is 0.266. The Bertz CT molecular complexity index is 382. The average molecular weight is 347 g/mol. The summed E-state index contributed by atoms with van der Waals surface area (Å²) in [6, 6.07) is 6.53. The number of nitrogens with one attached hydrogen (secondary N) is 1. The summed E-state index contributed by atoms with van der Waals surface area (Å²) in [5, 5.41) is 3.47. The van der Waals surface area contributed by atoms with Crippen LogP contribution in [0.25, 0.3) is 0 Å². The van der Waals surface area contributed by atoms with Crippen LogP contribution in [0.2, 0.25) is 0 Å². The summed E-state index contributed by atoms with van der Waals surface area (Å²) < 4.78 is 2.25. The first-order valence-corrected chi connectivity index (χ1v) is 6.96. The molecule has 0 aliphatic rings. The average Bonchev–Trinajstić information content (AvgIpc) is 2.20. The van der Waals surface area contributed by atoms with Crippen molar-refractivity contribution in [2.45, 2.75) is 26.8 Å². The fraction of sp³-hybridized carbons (Fsp3) is 0.385. The van der Waals surface area contributed by atoms with Gasteiger partial charge in [-0.25, -0.2) is 0 Å². The molecule has 1 atom stereocenters. The lowest BCUT2D eigenvalue weighted by Crippen LogP contribution is -2.19. The number of halogens is 2. The van der Waals surface area contributed by atoms with E-state index in [0.29, 0.717) is 0 Å². The highest BCUT2D eigenvalue weighted by Crippen LogP contribution is 2.28. The van der Waals surface area contributed by atoms with Crippen molar-refractivity contribution >= 4 is 31.9 Å². The highest BCUT2D eigenvalue weighted by Gasteiger charge is 2.11. The zero-order valence-corrected chi connectivity index (χ0v) is 13.0. The maximum Gasteiger partial charge on any atom is 0.0520 e. The maximum atomic E-state index is 3.60. The van der Waals surface area contributed by atoms with E-state index in [1.807, 2.05) is 6.07 Å². The Morgan fingerprint density at radius 3 is 2.62 bits per heavy atom. The van der Waals surface area contributed by atoms with E-state index in [9.17, 15) is 0 Å². The van der Waals surface area contributed by atoms with E-state index in [1.54, 1.807) is 0 Å². The van der Waals surface area contributed by atoms with Gasteiger partial charge in [0.25, 0.3) is 0 Å². The van der Waals surface area contributed by atoms with E-state index in [-0.39, 0.29) is 6.04 Å². The van der Waals surface area contributed by atoms with Gasteiger partial charge in [-0.1, -0.05) is 50.4 Å². The molecule has 1 aromatic carbocycles. The van der Waals surface area contributed by atoms with Crippen LogP contribution in [0.5, 0.6) is 0 Å². The molecule has 0 saturated heterocycles. The molecule has 1 N–H and O–H groups in total. The number of benzene rings is 1. The Morgan fingerprint density at radius 1 is 1.38 bits per heavy atom. The van der Waals surface area contributed by atoms with Gasteiger partial charge >= 0.3 is 0 Å². The van der Waals surface area contributed by atoms with Crippen LogP contribution in [0.3, 0.4) is 0 Å². The van der Waals surface area contributed by atoms with Crippen LogP contribution in [-0.4, -0.2) is 6.54 Å². The normalized spacial score (nSPS) is 12.3. The molecule has 16 heavy (non-hydrogen) atoms. The molecule has 0 aromatic heterocycles. The van der Waals surface area contributed by atoms with E-state index < -0.39 is 0 Å². The lowest BCUT2D eigenvalue weighted by atomic mass is 10.0. The van der Waals surface area contributed by atoms with Gasteiger partial charge in [0, 0.05) is 8.95 Å². The third-order valence-electron chi connectivity index (χ3n) is 2.22. The van der Waals surface area contributed by atoms with E-state index in [4.69, 9.17) is 0 Å². The molecule has 0 spiro atoms. The Labute approximate surface area is 115 Å². The number of allylic oxidation sites excluding steroid dienone is 1. The van der Waals surface area contributed by atoms with E-state index >= 15 is 0 Å². The molecule has 0 aliphatic heterocycles. The standard InChI is InChI=1S/C13H17Br2N/c1-4-16-13(7-9(2)3)11-8-10(14)5-6-12(11)15/h5-8,13,16H,4H2,1-3H3. The van der Waals surface area contributed by atoms with Crippen LogP contribution in [0, 0.1) is 0 Å². The van der Waals surface area contributed by atoms with Gasteiger partial charge in [0.1, 0.15) is 0 Å². The molecule has 1 rings (SSSR count). The Morgan fingerprint density at radius 2 is 2.06 bits per heavy atom. The van der Waals surface area contributed by atoms with Crippen molar-refractivity contribution in [1.29, 1.82) is 0 Å². The van der Waals surface area contributed by atoms with Crippen molar-refractivity contribution in [2.24, 2.45) is 0 Å². The van der Waals surface area contributed by atoms with Gasteiger partial charge in [0.2, 0.25) is 0 Å². The van der Waals surface area contributed by atoms with Gasteiger partial charge in [-0.15, -0.1) is 0 Å². The molecule has 0 radical (unpaired) electrons. The summed E-state index contributed by atoms with van der Waals surface area (Å²) in [7, 11) is 0. The van der Waals surface area contributed by atoms with Crippen LogP contribution < -0.4 is 5.32 Å². The fourth-order valence-corrected chi connectivity index (χ4v) is 2.44. The quantitative estimate of drug-likeness (QED) is 0.770. The molecule has 0 saturated carbocycles. The Kier molecular flexibility index (Phi) is 5.73. The minimum atomic E-state index is 0.266. The smallest absolute Gasteiger partial charge is 0.0520 e. The first kappa shape index (κ1) is 13.9. The van der Waals surface area contributed by atoms with Crippen LogP contribution in [0.15, 0.2) is 38.8 Å². The summed E-state index contributed by atoms with van der Waals surface area (Å²) in [6.07, 6.45) is 2.25. The van der Waals surface area contributed by atoms with Crippen LogP contribution in [0.1, 0.15) is 32.4 Å². The van der Waals surface area contributed by atoms with Gasteiger partial charge in [0.15, 0.2) is 0 Å². The molecular formula is C13H17Br2N. The maximum absolute atomic E-state index is 3.60. The predicted octanol–water partition coefficient (Wildman–Crippen LogP) is 4.83. The highest BCUT2D eigenvalue weighted by atomic mass is 79.9. The van der Waals surface area contributed by atoms with Gasteiger partial charge < -0.3 is 5.32 Å². The molecule has 0 bridgehead atoms. The van der Waals surface area contributed by atoms with Crippen molar-refractivity contribution in [3.63, 3.8) is 0 Å². The highest BCUT2D eigenvalue weighted by molar-refractivity contribution is 9.11. The zero-order chi connectivity index (χ0) is 12.1. The van der Waals surface area contributed by atoms with Crippen LogP contribution >= 0.6 is 31.9 Å². The van der Waals surface area contributed by atoms with Crippen molar-refractivity contribution in [2.75, 3.05) is 6.54 Å². The summed E-state index contributed by atoms with van der Waals surface area (Å²) in [5.41, 5.74) is 2.58. The minimum Gasteiger partial charge on any atom is -0.307 e. The third-order valence-corrected chi connectivity index (χ3v) is 3.43. The molecule has 1 nitrogen and oxygen atoms in total. The van der Waals surface area contributed by atoms with E-state index in [0.717, 1.165) is 15.5 Å². The second-order valence-electron chi connectivity index (χ2n) is 3.95. The molecule has 1 unspecified atom stereocenters. The zero-order valence-electron chi connectivity index (χ0n) is 9.85. The molecule has 3 heteroatoms. The van der Waals surface area contributed by atoms with Crippen LogP contribution in [0.4, 0.5) is 0 Å². The third kappa shape index (κ3) is 4.04. The van der Waals surface area contributed by atoms with Crippen molar-refractivity contribution < 1.29 is 0 Å².